The molecule has 4 rings (SSSR count). The zero-order valence-electron chi connectivity index (χ0n) is 24.5. The molecule has 0 heterocycles. The van der Waals surface area contributed by atoms with Gasteiger partial charge in [0.15, 0.2) is 0 Å². The highest BCUT2D eigenvalue weighted by atomic mass is 16.3. The molecule has 0 unspecified atom stereocenters. The first kappa shape index (κ1) is 30.9. The first-order chi connectivity index (χ1) is 20.3. The molecule has 3 atom stereocenters. The van der Waals surface area contributed by atoms with Crippen molar-refractivity contribution in [2.24, 2.45) is 0 Å². The molecule has 0 saturated heterocycles. The number of carbonyl (C=O) groups excluding carboxylic acids is 3. The molecule has 0 aliphatic heterocycles. The number of hydrogen-bond donors (Lipinski definition) is 4. The second kappa shape index (κ2) is 15.3. The fraction of sp³-hybridized carbons (Fsp3) is 0.382. The van der Waals surface area contributed by atoms with E-state index in [9.17, 15) is 19.5 Å². The highest BCUT2D eigenvalue weighted by molar-refractivity contribution is 6.01. The zero-order chi connectivity index (χ0) is 29.9. The molecular weight excluding hydrogens is 528 g/mol. The van der Waals surface area contributed by atoms with Gasteiger partial charge in [-0.2, -0.15) is 0 Å². The Bertz CT molecular complexity index is 1310. The van der Waals surface area contributed by atoms with Gasteiger partial charge in [-0.1, -0.05) is 73.9 Å². The minimum atomic E-state index is -0.958. The number of hydrogen-bond acceptors (Lipinski definition) is 5. The Labute approximate surface area is 248 Å². The van der Waals surface area contributed by atoms with Crippen molar-refractivity contribution in [3.8, 4) is 0 Å². The van der Waals surface area contributed by atoms with E-state index in [2.05, 4.69) is 16.0 Å². The SMILES string of the molecule is CC(=O)N(c1ccccc1)c1cccc(C(=O)N[C@@H](Cc2ccccc2)[C@H](O)CN[C@@H](C)C(=O)NC2CCCCC2)c1. The third kappa shape index (κ3) is 8.74. The summed E-state index contributed by atoms with van der Waals surface area (Å²) in [7, 11) is 0. The molecule has 0 radical (unpaired) electrons. The van der Waals surface area contributed by atoms with Gasteiger partial charge in [0.1, 0.15) is 0 Å². The number of benzene rings is 3. The van der Waals surface area contributed by atoms with E-state index in [1.54, 1.807) is 36.1 Å². The average Bonchev–Trinajstić information content (AvgIpc) is 3.01. The first-order valence-corrected chi connectivity index (χ1v) is 14.8. The van der Waals surface area contributed by atoms with Crippen molar-refractivity contribution >= 4 is 29.1 Å². The highest BCUT2D eigenvalue weighted by Crippen LogP contribution is 2.26. The molecule has 0 spiro atoms. The number of carbonyl (C=O) groups is 3. The van der Waals surface area contributed by atoms with E-state index in [4.69, 9.17) is 0 Å². The molecule has 0 bridgehead atoms. The molecule has 3 aromatic carbocycles. The molecule has 0 aromatic heterocycles. The van der Waals surface area contributed by atoms with Gasteiger partial charge in [-0.3, -0.25) is 19.3 Å². The quantitative estimate of drug-likeness (QED) is 0.256. The summed E-state index contributed by atoms with van der Waals surface area (Å²) < 4.78 is 0. The standard InChI is InChI=1S/C34H42N4O4/c1-24(33(41)36-28-16-8-4-9-17-28)35-23-32(40)31(21-26-13-6-3-7-14-26)37-34(42)27-15-12-20-30(22-27)38(25(2)39)29-18-10-5-11-19-29/h3,5-7,10-15,18-20,22,24,28,31-32,35,40H,4,8-9,16-17,21,23H2,1-2H3,(H,36,41)(H,37,42)/t24-,31-,32+/m0/s1. The number of rotatable bonds is 12. The van der Waals surface area contributed by atoms with Gasteiger partial charge in [0.05, 0.1) is 18.2 Å². The van der Waals surface area contributed by atoms with Gasteiger partial charge < -0.3 is 21.1 Å². The van der Waals surface area contributed by atoms with Crippen LogP contribution in [0.4, 0.5) is 11.4 Å². The molecule has 1 aliphatic rings. The van der Waals surface area contributed by atoms with Crippen LogP contribution in [0, 0.1) is 0 Å². The molecular formula is C34H42N4O4. The zero-order valence-corrected chi connectivity index (χ0v) is 24.5. The fourth-order valence-electron chi connectivity index (χ4n) is 5.38. The number of anilines is 2. The van der Waals surface area contributed by atoms with E-state index in [1.807, 2.05) is 60.7 Å². The molecule has 1 fully saturated rings. The van der Waals surface area contributed by atoms with Gasteiger partial charge in [-0.25, -0.2) is 0 Å². The van der Waals surface area contributed by atoms with Gasteiger partial charge in [0.2, 0.25) is 11.8 Å². The summed E-state index contributed by atoms with van der Waals surface area (Å²) in [6.07, 6.45) is 4.93. The third-order valence-electron chi connectivity index (χ3n) is 7.75. The van der Waals surface area contributed by atoms with Crippen LogP contribution in [0.15, 0.2) is 84.9 Å². The molecule has 3 amide bonds. The third-order valence-corrected chi connectivity index (χ3v) is 7.75. The van der Waals surface area contributed by atoms with E-state index in [-0.39, 0.29) is 30.3 Å². The van der Waals surface area contributed by atoms with Crippen LogP contribution in [-0.2, 0) is 16.0 Å². The van der Waals surface area contributed by atoms with E-state index >= 15 is 0 Å². The van der Waals surface area contributed by atoms with Crippen LogP contribution < -0.4 is 20.9 Å². The summed E-state index contributed by atoms with van der Waals surface area (Å²) in [6.45, 7) is 3.40. The van der Waals surface area contributed by atoms with Gasteiger partial charge in [0.25, 0.3) is 5.91 Å². The maximum absolute atomic E-state index is 13.5. The summed E-state index contributed by atoms with van der Waals surface area (Å²) in [4.78, 5) is 40.3. The Morgan fingerprint density at radius 1 is 0.881 bits per heavy atom. The summed E-state index contributed by atoms with van der Waals surface area (Å²) in [5.41, 5.74) is 2.60. The van der Waals surface area contributed by atoms with Crippen LogP contribution in [-0.4, -0.2) is 53.6 Å². The minimum Gasteiger partial charge on any atom is -0.390 e. The fourth-order valence-corrected chi connectivity index (χ4v) is 5.38. The average molecular weight is 571 g/mol. The summed E-state index contributed by atoms with van der Waals surface area (Å²) in [6, 6.07) is 24.9. The van der Waals surface area contributed by atoms with E-state index < -0.39 is 18.2 Å². The number of aliphatic hydroxyl groups is 1. The molecule has 8 heteroatoms. The number of nitrogens with zero attached hydrogens (tertiary/aromatic N) is 1. The smallest absolute Gasteiger partial charge is 0.251 e. The Kier molecular flexibility index (Phi) is 11.3. The number of nitrogens with one attached hydrogen (secondary N) is 3. The molecule has 4 N–H and O–H groups in total. The van der Waals surface area contributed by atoms with Crippen molar-refractivity contribution in [2.75, 3.05) is 11.4 Å². The lowest BCUT2D eigenvalue weighted by atomic mass is 9.95. The van der Waals surface area contributed by atoms with Crippen LogP contribution in [0.3, 0.4) is 0 Å². The first-order valence-electron chi connectivity index (χ1n) is 14.8. The van der Waals surface area contributed by atoms with Gasteiger partial charge in [-0.15, -0.1) is 0 Å². The Balaban J connectivity index is 1.45. The lowest BCUT2D eigenvalue weighted by molar-refractivity contribution is -0.123. The maximum atomic E-state index is 13.5. The van der Waals surface area contributed by atoms with Gasteiger partial charge >= 0.3 is 0 Å². The van der Waals surface area contributed by atoms with Crippen LogP contribution >= 0.6 is 0 Å². The van der Waals surface area contributed by atoms with E-state index in [1.165, 1.54) is 13.3 Å². The van der Waals surface area contributed by atoms with E-state index in [0.29, 0.717) is 23.4 Å². The topological polar surface area (TPSA) is 111 Å². The van der Waals surface area contributed by atoms with Crippen molar-refractivity contribution in [1.82, 2.24) is 16.0 Å². The number of para-hydroxylation sites is 1. The molecule has 8 nitrogen and oxygen atoms in total. The van der Waals surface area contributed by atoms with Gasteiger partial charge in [0, 0.05) is 36.4 Å². The van der Waals surface area contributed by atoms with Crippen LogP contribution in [0.2, 0.25) is 0 Å². The minimum absolute atomic E-state index is 0.0806. The molecule has 42 heavy (non-hydrogen) atoms. The summed E-state index contributed by atoms with van der Waals surface area (Å²) in [5.74, 6) is -0.622. The van der Waals surface area contributed by atoms with Crippen LogP contribution in [0.5, 0.6) is 0 Å². The Morgan fingerprint density at radius 3 is 2.19 bits per heavy atom. The molecule has 1 aliphatic carbocycles. The van der Waals surface area contributed by atoms with Crippen molar-refractivity contribution < 1.29 is 19.5 Å². The predicted molar refractivity (Wildman–Crippen MR) is 166 cm³/mol. The number of aliphatic hydroxyl groups excluding tert-OH is 1. The maximum Gasteiger partial charge on any atom is 0.251 e. The Morgan fingerprint density at radius 2 is 1.52 bits per heavy atom. The normalized spacial score (nSPS) is 15.7. The lowest BCUT2D eigenvalue weighted by Crippen LogP contribution is -2.53. The largest absolute Gasteiger partial charge is 0.390 e. The van der Waals surface area contributed by atoms with Crippen molar-refractivity contribution in [3.05, 3.63) is 96.1 Å². The van der Waals surface area contributed by atoms with Gasteiger partial charge in [-0.05, 0) is 62.1 Å². The molecule has 3 aromatic rings. The molecule has 1 saturated carbocycles. The monoisotopic (exact) mass is 570 g/mol. The Hall–Kier alpha value is -4.01. The second-order valence-electron chi connectivity index (χ2n) is 11.1. The lowest BCUT2D eigenvalue weighted by Gasteiger charge is -2.28. The predicted octanol–water partition coefficient (Wildman–Crippen LogP) is 4.50. The van der Waals surface area contributed by atoms with Crippen LogP contribution in [0.25, 0.3) is 0 Å². The summed E-state index contributed by atoms with van der Waals surface area (Å²) in [5, 5.41) is 20.5. The van der Waals surface area contributed by atoms with Crippen molar-refractivity contribution in [3.63, 3.8) is 0 Å². The van der Waals surface area contributed by atoms with Crippen molar-refractivity contribution in [1.29, 1.82) is 0 Å². The highest BCUT2D eigenvalue weighted by Gasteiger charge is 2.25. The second-order valence-corrected chi connectivity index (χ2v) is 11.1. The summed E-state index contributed by atoms with van der Waals surface area (Å²) >= 11 is 0. The molecule has 222 valence electrons. The van der Waals surface area contributed by atoms with Crippen LogP contribution in [0.1, 0.15) is 61.9 Å². The number of amides is 3. The van der Waals surface area contributed by atoms with E-state index in [0.717, 1.165) is 31.2 Å². The van der Waals surface area contributed by atoms with Crippen molar-refractivity contribution in [2.45, 2.75) is 76.6 Å².